The van der Waals surface area contributed by atoms with E-state index in [1.165, 1.54) is 19.8 Å². The lowest BCUT2D eigenvalue weighted by Crippen LogP contribution is -2.63. The highest BCUT2D eigenvalue weighted by Gasteiger charge is 2.39. The van der Waals surface area contributed by atoms with Crippen LogP contribution in [0.5, 0.6) is 0 Å². The van der Waals surface area contributed by atoms with Crippen molar-refractivity contribution in [3.05, 3.63) is 65.7 Å². The van der Waals surface area contributed by atoms with E-state index in [-0.39, 0.29) is 95.9 Å². The van der Waals surface area contributed by atoms with E-state index < -0.39 is 144 Å². The molecule has 1 heterocycles. The molecule has 1 fully saturated rings. The van der Waals surface area contributed by atoms with Crippen molar-refractivity contribution in [3.8, 4) is 0 Å². The van der Waals surface area contributed by atoms with E-state index in [1.807, 2.05) is 0 Å². The topological polar surface area (TPSA) is 520 Å². The number of amides is 12. The van der Waals surface area contributed by atoms with Gasteiger partial charge in [-0.05, 0) is 127 Å². The summed E-state index contributed by atoms with van der Waals surface area (Å²) >= 11 is 0. The van der Waals surface area contributed by atoms with E-state index in [0.717, 1.165) is 39.0 Å². The molecule has 0 unspecified atom stereocenters. The first-order chi connectivity index (χ1) is 45.2. The van der Waals surface area contributed by atoms with Gasteiger partial charge in [0.15, 0.2) is 0 Å². The van der Waals surface area contributed by atoms with Gasteiger partial charge in [0.2, 0.25) is 70.7 Å². The minimum atomic E-state index is -2.72. The maximum atomic E-state index is 14.6. The van der Waals surface area contributed by atoms with Crippen molar-refractivity contribution in [2.75, 3.05) is 44.6 Å². The average Bonchev–Trinajstić information content (AvgIpc) is 1.26. The minimum Gasteiger partial charge on any atom is -0.391 e. The molecule has 0 saturated carbocycles. The van der Waals surface area contributed by atoms with E-state index in [1.54, 1.807) is 68.4 Å². The van der Waals surface area contributed by atoms with Gasteiger partial charge < -0.3 is 103 Å². The first kappa shape index (κ1) is 81.0. The first-order valence-corrected chi connectivity index (χ1v) is 32.9. The Morgan fingerprint density at radius 2 is 1.07 bits per heavy atom. The van der Waals surface area contributed by atoms with E-state index in [4.69, 9.17) is 28.7 Å². The second-order valence-corrected chi connectivity index (χ2v) is 24.4. The zero-order valence-corrected chi connectivity index (χ0v) is 55.5. The summed E-state index contributed by atoms with van der Waals surface area (Å²) in [6.45, 7) is 6.37. The Labute approximate surface area is 555 Å². The van der Waals surface area contributed by atoms with Gasteiger partial charge in [-0.25, -0.2) is 0 Å². The number of hydrogen-bond acceptors (Lipinski definition) is 19. The Hall–Kier alpha value is -8.20. The Morgan fingerprint density at radius 1 is 0.568 bits per heavy atom. The third kappa shape index (κ3) is 29.5. The summed E-state index contributed by atoms with van der Waals surface area (Å²) in [5.74, 6) is -11.0. The number of nitrogens with two attached hydrogens (primary N) is 5. The van der Waals surface area contributed by atoms with Crippen molar-refractivity contribution >= 4 is 76.6 Å². The third-order valence-corrected chi connectivity index (χ3v) is 15.5. The summed E-state index contributed by atoms with van der Waals surface area (Å²) in [5.41, 5.74) is 28.3. The highest BCUT2D eigenvalue weighted by Crippen LogP contribution is 2.15. The number of unbranched alkanes of at least 4 members (excludes halogenated alkanes) is 6. The number of aliphatic hydroxyl groups is 2. The van der Waals surface area contributed by atoms with Crippen LogP contribution < -0.4 is 92.5 Å². The van der Waals surface area contributed by atoms with Crippen molar-refractivity contribution in [2.24, 2.45) is 34.6 Å². The summed E-state index contributed by atoms with van der Waals surface area (Å²) in [5, 5.41) is 52.6. The first-order valence-electron chi connectivity index (χ1n) is 32.9. The fourth-order valence-electron chi connectivity index (χ4n) is 10.3. The van der Waals surface area contributed by atoms with Gasteiger partial charge in [-0.2, -0.15) is 0 Å². The summed E-state index contributed by atoms with van der Waals surface area (Å²) < 4.78 is 0. The molecule has 530 valence electrons. The molecule has 0 aliphatic carbocycles. The van der Waals surface area contributed by atoms with Gasteiger partial charge in [0, 0.05) is 25.1 Å². The molecule has 2 aromatic carbocycles. The van der Waals surface area contributed by atoms with E-state index in [0.29, 0.717) is 23.2 Å². The number of rotatable bonds is 33. The lowest BCUT2D eigenvalue weighted by atomic mass is 10.00. The molecule has 31 nitrogen and oxygen atoms in total. The van der Waals surface area contributed by atoms with Crippen LogP contribution >= 0.6 is 0 Å². The molecule has 0 bridgehead atoms. The maximum absolute atomic E-state index is 14.6. The highest BCUT2D eigenvalue weighted by atomic mass is 16.3. The second kappa shape index (κ2) is 43.0. The van der Waals surface area contributed by atoms with Crippen LogP contribution in [-0.4, -0.2) is 187 Å². The quantitative estimate of drug-likeness (QED) is 0.0307. The molecular formula is C64H105N17O14. The van der Waals surface area contributed by atoms with Crippen molar-refractivity contribution in [2.45, 2.75) is 210 Å². The van der Waals surface area contributed by atoms with Crippen molar-refractivity contribution in [3.63, 3.8) is 0 Å². The van der Waals surface area contributed by atoms with E-state index in [2.05, 4.69) is 70.7 Å². The number of carbonyl (C=O) groups excluding carboxylic acids is 12. The number of aliphatic hydroxyl groups excluding tert-OH is 1. The summed E-state index contributed by atoms with van der Waals surface area (Å²) in [6.07, 6.45) is 4.38. The SMILES string of the molecule is CCCCCCCCCC(=O)Nc1ccc(CC(=O)N[C@@H](CCN)C(=O)N[C@H](C(=O)N[C@@H](CCN)C(=O)N[C@H]2CCNC(=O)[C@](C)(O)NC(=O)[C@H](CCN)NC(=O)[C@H](CCN)NC(=O)[C@H](CC(C)C)NC(=O)[C@@H](Cc3ccccc3)NC(=O)[C@H](CCN)NC2=O)[C@@H](C)O)cc1. The van der Waals surface area contributed by atoms with Crippen LogP contribution in [0, 0.1) is 5.92 Å². The van der Waals surface area contributed by atoms with Gasteiger partial charge in [0.25, 0.3) is 5.91 Å². The number of carbonyl (C=O) groups is 12. The molecule has 11 atom stereocenters. The molecule has 1 aliphatic heterocycles. The van der Waals surface area contributed by atoms with Crippen molar-refractivity contribution in [1.82, 2.24) is 58.5 Å². The normalized spacial score (nSPS) is 21.7. The number of anilines is 1. The molecule has 31 heteroatoms. The zero-order chi connectivity index (χ0) is 70.6. The minimum absolute atomic E-state index is 0.0291. The highest BCUT2D eigenvalue weighted by molar-refractivity contribution is 5.99. The molecule has 0 spiro atoms. The number of hydrogen-bond donors (Lipinski definition) is 19. The molecule has 1 saturated heterocycles. The van der Waals surface area contributed by atoms with Crippen LogP contribution in [0.2, 0.25) is 0 Å². The molecule has 95 heavy (non-hydrogen) atoms. The Kier molecular flexibility index (Phi) is 36.7. The second-order valence-electron chi connectivity index (χ2n) is 24.4. The molecule has 2 aromatic rings. The Bertz CT molecular complexity index is 2810. The smallest absolute Gasteiger partial charge is 0.272 e. The summed E-state index contributed by atoms with van der Waals surface area (Å²) in [6, 6.07) is 1.54. The molecule has 24 N–H and O–H groups in total. The fraction of sp³-hybridized carbons (Fsp3) is 0.625. The van der Waals surface area contributed by atoms with Gasteiger partial charge in [-0.3, -0.25) is 57.5 Å². The van der Waals surface area contributed by atoms with E-state index in [9.17, 15) is 67.7 Å². The average molecular weight is 1340 g/mol. The monoisotopic (exact) mass is 1340 g/mol. The lowest BCUT2D eigenvalue weighted by Gasteiger charge is -2.29. The standard InChI is InChI=1S/C64H105N17O14/c1-6-7-8-9-10-11-15-18-51(83)71-42-21-19-41(20-22-42)37-52(84)72-43(23-29-65)58(89)80-53(39(4)82)62(93)77-46(26-32-68)55(86)76-48-28-34-70-63(94)64(5,95)81-61(92)47(27-33-69)75-54(85)44(24-30-66)74-59(90)49(35-38(2)3)78-60(91)50(36-40-16-13-12-14-17-40)79-56(87)45(25-31-67)73-57(48)88/h12-14,16-17,19-22,38-39,43-50,53,82,95H,6-11,15,18,23-37,65-69H2,1-5H3,(H,70,94)(H,71,83)(H,72,84)(H,73,88)(H,74,90)(H,75,85)(H,76,86)(H,77,93)(H,78,91)(H,79,87)(H,80,89)(H,81,92)/t39-,43+,44+,45+,46+,47+,48+,49+,50-,53+,64+/m1/s1. The lowest BCUT2D eigenvalue weighted by molar-refractivity contribution is -0.148. The van der Waals surface area contributed by atoms with Crippen LogP contribution in [-0.2, 0) is 70.4 Å². The number of benzene rings is 2. The molecule has 0 radical (unpaired) electrons. The van der Waals surface area contributed by atoms with Crippen LogP contribution in [0.25, 0.3) is 0 Å². The summed E-state index contributed by atoms with van der Waals surface area (Å²) in [7, 11) is 0. The van der Waals surface area contributed by atoms with Crippen LogP contribution in [0.15, 0.2) is 54.6 Å². The van der Waals surface area contributed by atoms with Gasteiger partial charge in [-0.15, -0.1) is 0 Å². The fourth-order valence-corrected chi connectivity index (χ4v) is 10.3. The van der Waals surface area contributed by atoms with Gasteiger partial charge in [0.05, 0.1) is 12.5 Å². The largest absolute Gasteiger partial charge is 0.391 e. The van der Waals surface area contributed by atoms with Crippen LogP contribution in [0.4, 0.5) is 5.69 Å². The molecular weight excluding hydrogens is 1230 g/mol. The van der Waals surface area contributed by atoms with Crippen molar-refractivity contribution < 1.29 is 67.7 Å². The van der Waals surface area contributed by atoms with Gasteiger partial charge in [-0.1, -0.05) is 102 Å². The molecule has 3 rings (SSSR count). The van der Waals surface area contributed by atoms with Gasteiger partial charge >= 0.3 is 0 Å². The Balaban J connectivity index is 1.95. The predicted octanol–water partition coefficient (Wildman–Crippen LogP) is -3.57. The molecule has 12 amide bonds. The number of nitrogens with one attached hydrogen (secondary N) is 12. The van der Waals surface area contributed by atoms with Crippen LogP contribution in [0.3, 0.4) is 0 Å². The molecule has 0 aromatic heterocycles. The maximum Gasteiger partial charge on any atom is 0.272 e. The van der Waals surface area contributed by atoms with E-state index >= 15 is 0 Å². The summed E-state index contributed by atoms with van der Waals surface area (Å²) in [4.78, 5) is 167. The van der Waals surface area contributed by atoms with Crippen LogP contribution in [0.1, 0.15) is 142 Å². The third-order valence-electron chi connectivity index (χ3n) is 15.5. The zero-order valence-electron chi connectivity index (χ0n) is 55.5. The van der Waals surface area contributed by atoms with Crippen molar-refractivity contribution in [1.29, 1.82) is 0 Å². The Morgan fingerprint density at radius 3 is 1.62 bits per heavy atom. The van der Waals surface area contributed by atoms with Gasteiger partial charge in [0.1, 0.15) is 54.4 Å². The molecule has 1 aliphatic rings. The predicted molar refractivity (Wildman–Crippen MR) is 355 cm³/mol.